The molecule has 92 valence electrons. The Morgan fingerprint density at radius 1 is 1.33 bits per heavy atom. The zero-order valence-electron chi connectivity index (χ0n) is 10.5. The largest absolute Gasteiger partial charge is 0.347 e. The zero-order valence-corrected chi connectivity index (χ0v) is 10.5. The number of carbonyl (C=O) groups is 1. The van der Waals surface area contributed by atoms with Crippen LogP contribution in [-0.2, 0) is 11.3 Å². The summed E-state index contributed by atoms with van der Waals surface area (Å²) in [6.45, 7) is 2.55. The summed E-state index contributed by atoms with van der Waals surface area (Å²) < 4.78 is 2.18. The van der Waals surface area contributed by atoms with Gasteiger partial charge in [0.1, 0.15) is 5.78 Å². The molecule has 0 spiro atoms. The van der Waals surface area contributed by atoms with Gasteiger partial charge in [0.2, 0.25) is 0 Å². The first kappa shape index (κ1) is 12.4. The zero-order chi connectivity index (χ0) is 13.0. The minimum absolute atomic E-state index is 0.256. The van der Waals surface area contributed by atoms with Crippen LogP contribution in [0, 0.1) is 11.3 Å². The van der Waals surface area contributed by atoms with Crippen molar-refractivity contribution in [3.8, 4) is 6.07 Å². The summed E-state index contributed by atoms with van der Waals surface area (Å²) in [6.07, 6.45) is 4.64. The van der Waals surface area contributed by atoms with Crippen LogP contribution in [0.15, 0.2) is 30.5 Å². The molecule has 0 fully saturated rings. The molecule has 0 bridgehead atoms. The number of nitrogens with zero attached hydrogens (tertiary/aromatic N) is 2. The molecule has 0 radical (unpaired) electrons. The molecule has 0 atom stereocenters. The van der Waals surface area contributed by atoms with Crippen molar-refractivity contribution in [2.45, 2.75) is 32.7 Å². The lowest BCUT2D eigenvalue weighted by Crippen LogP contribution is -1.97. The van der Waals surface area contributed by atoms with E-state index >= 15 is 0 Å². The number of ketones is 1. The van der Waals surface area contributed by atoms with E-state index in [1.165, 1.54) is 0 Å². The second-order valence-electron chi connectivity index (χ2n) is 4.55. The molecule has 1 heterocycles. The van der Waals surface area contributed by atoms with Crippen LogP contribution in [0.1, 0.15) is 31.7 Å². The van der Waals surface area contributed by atoms with Gasteiger partial charge in [-0.1, -0.05) is 0 Å². The van der Waals surface area contributed by atoms with Gasteiger partial charge in [-0.3, -0.25) is 0 Å². The monoisotopic (exact) mass is 240 g/mol. The third kappa shape index (κ3) is 2.78. The molecule has 2 rings (SSSR count). The van der Waals surface area contributed by atoms with Gasteiger partial charge in [-0.2, -0.15) is 5.26 Å². The van der Waals surface area contributed by atoms with Gasteiger partial charge in [-0.25, -0.2) is 0 Å². The van der Waals surface area contributed by atoms with E-state index in [1.54, 1.807) is 6.92 Å². The highest BCUT2D eigenvalue weighted by Gasteiger charge is 2.02. The summed E-state index contributed by atoms with van der Waals surface area (Å²) in [6, 6.07) is 9.91. The third-order valence-electron chi connectivity index (χ3n) is 3.08. The number of fused-ring (bicyclic) bond motifs is 1. The average molecular weight is 240 g/mol. The maximum Gasteiger partial charge on any atom is 0.129 e. The highest BCUT2D eigenvalue weighted by molar-refractivity contribution is 5.81. The van der Waals surface area contributed by atoms with Crippen LogP contribution < -0.4 is 0 Å². The Kier molecular flexibility index (Phi) is 3.78. The number of nitriles is 1. The van der Waals surface area contributed by atoms with E-state index in [0.717, 1.165) is 30.3 Å². The lowest BCUT2D eigenvalue weighted by Gasteiger charge is -2.04. The molecule has 1 aromatic heterocycles. The lowest BCUT2D eigenvalue weighted by atomic mass is 10.1. The van der Waals surface area contributed by atoms with Crippen LogP contribution in [0.4, 0.5) is 0 Å². The summed E-state index contributed by atoms with van der Waals surface area (Å²) >= 11 is 0. The van der Waals surface area contributed by atoms with Gasteiger partial charge in [0.05, 0.1) is 11.6 Å². The van der Waals surface area contributed by atoms with Gasteiger partial charge in [-0.05, 0) is 44.0 Å². The van der Waals surface area contributed by atoms with Crippen LogP contribution >= 0.6 is 0 Å². The number of unbranched alkanes of at least 4 members (excludes halogenated alkanes) is 1. The molecule has 0 saturated carbocycles. The first-order valence-corrected chi connectivity index (χ1v) is 6.19. The van der Waals surface area contributed by atoms with Crippen LogP contribution in [0.3, 0.4) is 0 Å². The van der Waals surface area contributed by atoms with Crippen LogP contribution in [0.25, 0.3) is 10.9 Å². The van der Waals surface area contributed by atoms with Crippen molar-refractivity contribution < 1.29 is 4.79 Å². The fourth-order valence-corrected chi connectivity index (χ4v) is 2.12. The molecule has 18 heavy (non-hydrogen) atoms. The molecule has 0 saturated heterocycles. The van der Waals surface area contributed by atoms with Crippen LogP contribution in [-0.4, -0.2) is 10.4 Å². The van der Waals surface area contributed by atoms with Gasteiger partial charge >= 0.3 is 0 Å². The van der Waals surface area contributed by atoms with Crippen LogP contribution in [0.5, 0.6) is 0 Å². The van der Waals surface area contributed by atoms with Gasteiger partial charge in [0.25, 0.3) is 0 Å². The topological polar surface area (TPSA) is 45.8 Å². The second-order valence-corrected chi connectivity index (χ2v) is 4.55. The molecular formula is C15H16N2O. The van der Waals surface area contributed by atoms with Crippen molar-refractivity contribution in [2.75, 3.05) is 0 Å². The quantitative estimate of drug-likeness (QED) is 0.753. The molecule has 0 unspecified atom stereocenters. The van der Waals surface area contributed by atoms with Crippen molar-refractivity contribution in [3.63, 3.8) is 0 Å². The molecule has 3 heteroatoms. The van der Waals surface area contributed by atoms with E-state index in [2.05, 4.69) is 10.6 Å². The van der Waals surface area contributed by atoms with E-state index in [4.69, 9.17) is 5.26 Å². The predicted molar refractivity (Wildman–Crippen MR) is 71.2 cm³/mol. The number of Topliss-reactive ketones (excluding diaryl/α,β-unsaturated/α-hetero) is 1. The number of aryl methyl sites for hydroxylation is 1. The Morgan fingerprint density at radius 3 is 2.89 bits per heavy atom. The molecule has 2 aromatic rings. The second kappa shape index (κ2) is 5.50. The van der Waals surface area contributed by atoms with E-state index in [-0.39, 0.29) is 5.78 Å². The number of hydrogen-bond acceptors (Lipinski definition) is 2. The number of aromatic nitrogens is 1. The van der Waals surface area contributed by atoms with Gasteiger partial charge in [-0.15, -0.1) is 0 Å². The standard InChI is InChI=1S/C15H16N2O/c1-12(18)4-2-3-8-17-9-7-14-10-13(11-16)5-6-15(14)17/h5-7,9-10H,2-4,8H2,1H3. The molecule has 0 N–H and O–H groups in total. The average Bonchev–Trinajstić information content (AvgIpc) is 2.76. The van der Waals surface area contributed by atoms with Crippen molar-refractivity contribution in [2.24, 2.45) is 0 Å². The fourth-order valence-electron chi connectivity index (χ4n) is 2.12. The highest BCUT2D eigenvalue weighted by atomic mass is 16.1. The summed E-state index contributed by atoms with van der Waals surface area (Å²) in [5.41, 5.74) is 1.84. The lowest BCUT2D eigenvalue weighted by molar-refractivity contribution is -0.117. The number of hydrogen-bond donors (Lipinski definition) is 0. The Balaban J connectivity index is 2.06. The fraction of sp³-hybridized carbons (Fsp3) is 0.333. The maximum atomic E-state index is 10.9. The molecule has 0 aliphatic heterocycles. The smallest absolute Gasteiger partial charge is 0.129 e. The minimum Gasteiger partial charge on any atom is -0.347 e. The summed E-state index contributed by atoms with van der Waals surface area (Å²) in [4.78, 5) is 10.9. The molecule has 3 nitrogen and oxygen atoms in total. The summed E-state index contributed by atoms with van der Waals surface area (Å²) in [5, 5.41) is 9.94. The van der Waals surface area contributed by atoms with Crippen molar-refractivity contribution in [1.29, 1.82) is 5.26 Å². The molecule has 0 aliphatic rings. The Labute approximate surface area is 107 Å². The Hall–Kier alpha value is -2.08. The first-order valence-electron chi connectivity index (χ1n) is 6.19. The van der Waals surface area contributed by atoms with Crippen LogP contribution in [0.2, 0.25) is 0 Å². The van der Waals surface area contributed by atoms with E-state index in [0.29, 0.717) is 12.0 Å². The highest BCUT2D eigenvalue weighted by Crippen LogP contribution is 2.18. The molecule has 0 amide bonds. The molecular weight excluding hydrogens is 224 g/mol. The van der Waals surface area contributed by atoms with Gasteiger partial charge < -0.3 is 9.36 Å². The van der Waals surface area contributed by atoms with E-state index < -0.39 is 0 Å². The maximum absolute atomic E-state index is 10.9. The molecule has 0 aliphatic carbocycles. The van der Waals surface area contributed by atoms with E-state index in [1.807, 2.05) is 30.5 Å². The number of carbonyl (C=O) groups excluding carboxylic acids is 1. The minimum atomic E-state index is 0.256. The Morgan fingerprint density at radius 2 is 2.17 bits per heavy atom. The van der Waals surface area contributed by atoms with Crippen molar-refractivity contribution in [1.82, 2.24) is 4.57 Å². The molecule has 1 aromatic carbocycles. The van der Waals surface area contributed by atoms with Crippen molar-refractivity contribution in [3.05, 3.63) is 36.0 Å². The summed E-state index contributed by atoms with van der Waals surface area (Å²) in [5.74, 6) is 0.256. The third-order valence-corrected chi connectivity index (χ3v) is 3.08. The van der Waals surface area contributed by atoms with Crippen molar-refractivity contribution >= 4 is 16.7 Å². The SMILES string of the molecule is CC(=O)CCCCn1ccc2cc(C#N)ccc21. The number of benzene rings is 1. The predicted octanol–water partition coefficient (Wildman–Crippen LogP) is 3.27. The van der Waals surface area contributed by atoms with Gasteiger partial charge in [0.15, 0.2) is 0 Å². The van der Waals surface area contributed by atoms with E-state index in [9.17, 15) is 4.79 Å². The number of rotatable bonds is 5. The summed E-state index contributed by atoms with van der Waals surface area (Å²) in [7, 11) is 0. The van der Waals surface area contributed by atoms with Gasteiger partial charge in [0, 0.05) is 30.1 Å². The normalized spacial score (nSPS) is 10.4. The first-order chi connectivity index (χ1) is 8.70. The Bertz CT molecular complexity index is 604.